The van der Waals surface area contributed by atoms with Gasteiger partial charge in [0.05, 0.1) is 0 Å². The SMILES string of the molecule is CNC(CN1CCN(C(C)(C)C)CC1)C(=O)O. The van der Waals surface area contributed by atoms with Gasteiger partial charge in [-0.2, -0.15) is 0 Å². The van der Waals surface area contributed by atoms with Crippen molar-refractivity contribution in [3.8, 4) is 0 Å². The number of hydrogen-bond donors (Lipinski definition) is 2. The van der Waals surface area contributed by atoms with Crippen molar-refractivity contribution in [2.75, 3.05) is 39.8 Å². The van der Waals surface area contributed by atoms with Gasteiger partial charge in [0, 0.05) is 38.3 Å². The van der Waals surface area contributed by atoms with Gasteiger partial charge in [-0.05, 0) is 27.8 Å². The lowest BCUT2D eigenvalue weighted by Crippen LogP contribution is -2.56. The van der Waals surface area contributed by atoms with Crippen LogP contribution in [0.25, 0.3) is 0 Å². The van der Waals surface area contributed by atoms with Gasteiger partial charge < -0.3 is 10.4 Å². The maximum Gasteiger partial charge on any atom is 0.322 e. The molecular formula is C12H25N3O2. The van der Waals surface area contributed by atoms with Gasteiger partial charge in [0.2, 0.25) is 0 Å². The van der Waals surface area contributed by atoms with E-state index >= 15 is 0 Å². The molecule has 100 valence electrons. The Balaban J connectivity index is 2.39. The van der Waals surface area contributed by atoms with E-state index in [9.17, 15) is 4.79 Å². The number of rotatable bonds is 4. The van der Waals surface area contributed by atoms with Crippen molar-refractivity contribution in [2.24, 2.45) is 0 Å². The average Bonchev–Trinajstić information content (AvgIpc) is 2.25. The molecule has 17 heavy (non-hydrogen) atoms. The van der Waals surface area contributed by atoms with E-state index in [0.29, 0.717) is 6.54 Å². The molecule has 0 spiro atoms. The number of carbonyl (C=O) groups is 1. The molecule has 1 atom stereocenters. The third kappa shape index (κ3) is 4.26. The standard InChI is InChI=1S/C12H25N3O2/c1-12(2,3)15-7-5-14(6-8-15)9-10(13-4)11(16)17/h10,13H,5-9H2,1-4H3,(H,16,17). The molecule has 0 aromatic carbocycles. The Morgan fingerprint density at radius 3 is 2.18 bits per heavy atom. The molecule has 1 unspecified atom stereocenters. The van der Waals surface area contributed by atoms with E-state index in [1.807, 2.05) is 0 Å². The summed E-state index contributed by atoms with van der Waals surface area (Å²) in [6.45, 7) is 11.2. The van der Waals surface area contributed by atoms with Crippen LogP contribution in [0.15, 0.2) is 0 Å². The predicted octanol–water partition coefficient (Wildman–Crippen LogP) is 0.0751. The van der Waals surface area contributed by atoms with Crippen molar-refractivity contribution in [1.82, 2.24) is 15.1 Å². The summed E-state index contributed by atoms with van der Waals surface area (Å²) >= 11 is 0. The summed E-state index contributed by atoms with van der Waals surface area (Å²) in [4.78, 5) is 15.6. The third-order valence-corrected chi connectivity index (χ3v) is 3.41. The molecule has 1 fully saturated rings. The minimum atomic E-state index is -0.772. The lowest BCUT2D eigenvalue weighted by atomic mass is 10.0. The first-order chi connectivity index (χ1) is 7.84. The number of aliphatic carboxylic acids is 1. The Morgan fingerprint density at radius 1 is 1.29 bits per heavy atom. The number of carboxylic acid groups (broad SMARTS) is 1. The highest BCUT2D eigenvalue weighted by atomic mass is 16.4. The number of nitrogens with one attached hydrogen (secondary N) is 1. The summed E-state index contributed by atoms with van der Waals surface area (Å²) in [6, 6.07) is -0.462. The van der Waals surface area contributed by atoms with Gasteiger partial charge in [0.1, 0.15) is 6.04 Å². The summed E-state index contributed by atoms with van der Waals surface area (Å²) in [7, 11) is 1.70. The Kier molecular flexibility index (Phi) is 4.91. The van der Waals surface area contributed by atoms with Gasteiger partial charge in [0.25, 0.3) is 0 Å². The van der Waals surface area contributed by atoms with Gasteiger partial charge in [-0.25, -0.2) is 0 Å². The van der Waals surface area contributed by atoms with Crippen molar-refractivity contribution < 1.29 is 9.90 Å². The van der Waals surface area contributed by atoms with E-state index in [1.165, 1.54) is 0 Å². The largest absolute Gasteiger partial charge is 0.480 e. The molecule has 1 heterocycles. The molecule has 1 rings (SSSR count). The van der Waals surface area contributed by atoms with Crippen LogP contribution >= 0.6 is 0 Å². The van der Waals surface area contributed by atoms with E-state index < -0.39 is 12.0 Å². The van der Waals surface area contributed by atoms with Crippen LogP contribution in [0, 0.1) is 0 Å². The fraction of sp³-hybridized carbons (Fsp3) is 0.917. The highest BCUT2D eigenvalue weighted by Gasteiger charge is 2.27. The summed E-state index contributed by atoms with van der Waals surface area (Å²) in [5.74, 6) is -0.772. The Hall–Kier alpha value is -0.650. The Morgan fingerprint density at radius 2 is 1.82 bits per heavy atom. The molecule has 5 heteroatoms. The summed E-state index contributed by atoms with van der Waals surface area (Å²) < 4.78 is 0. The van der Waals surface area contributed by atoms with Crippen molar-refractivity contribution in [3.05, 3.63) is 0 Å². The highest BCUT2D eigenvalue weighted by Crippen LogP contribution is 2.15. The van der Waals surface area contributed by atoms with E-state index in [1.54, 1.807) is 7.05 Å². The van der Waals surface area contributed by atoms with Gasteiger partial charge in [-0.15, -0.1) is 0 Å². The van der Waals surface area contributed by atoms with E-state index in [2.05, 4.69) is 35.9 Å². The summed E-state index contributed by atoms with van der Waals surface area (Å²) in [6.07, 6.45) is 0. The van der Waals surface area contributed by atoms with Gasteiger partial charge in [-0.1, -0.05) is 0 Å². The average molecular weight is 243 g/mol. The zero-order valence-corrected chi connectivity index (χ0v) is 11.4. The predicted molar refractivity (Wildman–Crippen MR) is 68.2 cm³/mol. The quantitative estimate of drug-likeness (QED) is 0.732. The van der Waals surface area contributed by atoms with Crippen molar-refractivity contribution >= 4 is 5.97 Å². The number of carboxylic acids is 1. The highest BCUT2D eigenvalue weighted by molar-refractivity contribution is 5.73. The first kappa shape index (κ1) is 14.4. The zero-order chi connectivity index (χ0) is 13.1. The molecule has 0 aromatic rings. The van der Waals surface area contributed by atoms with Crippen LogP contribution in [-0.4, -0.2) is 72.2 Å². The van der Waals surface area contributed by atoms with E-state index in [-0.39, 0.29) is 5.54 Å². The normalized spacial score (nSPS) is 21.4. The second kappa shape index (κ2) is 5.80. The van der Waals surface area contributed by atoms with Crippen LogP contribution in [0.1, 0.15) is 20.8 Å². The molecule has 1 aliphatic heterocycles. The van der Waals surface area contributed by atoms with E-state index in [4.69, 9.17) is 5.11 Å². The van der Waals surface area contributed by atoms with Crippen molar-refractivity contribution in [1.29, 1.82) is 0 Å². The minimum Gasteiger partial charge on any atom is -0.480 e. The van der Waals surface area contributed by atoms with Crippen LogP contribution in [0.2, 0.25) is 0 Å². The Labute approximate surface area is 104 Å². The lowest BCUT2D eigenvalue weighted by Gasteiger charge is -2.42. The topological polar surface area (TPSA) is 55.8 Å². The van der Waals surface area contributed by atoms with Crippen LogP contribution < -0.4 is 5.32 Å². The maximum atomic E-state index is 10.9. The van der Waals surface area contributed by atoms with Gasteiger partial charge in [-0.3, -0.25) is 14.6 Å². The molecule has 1 aliphatic rings. The molecule has 0 aromatic heterocycles. The molecule has 5 nitrogen and oxygen atoms in total. The molecule has 0 bridgehead atoms. The molecule has 0 radical (unpaired) electrons. The van der Waals surface area contributed by atoms with Gasteiger partial charge in [0.15, 0.2) is 0 Å². The molecule has 0 saturated carbocycles. The third-order valence-electron chi connectivity index (χ3n) is 3.41. The number of nitrogens with zero attached hydrogens (tertiary/aromatic N) is 2. The Bertz CT molecular complexity index is 255. The second-order valence-electron chi connectivity index (χ2n) is 5.64. The van der Waals surface area contributed by atoms with Crippen LogP contribution in [-0.2, 0) is 4.79 Å². The molecule has 0 amide bonds. The first-order valence-electron chi connectivity index (χ1n) is 6.22. The number of piperazine rings is 1. The summed E-state index contributed by atoms with van der Waals surface area (Å²) in [5, 5.41) is 11.8. The monoisotopic (exact) mass is 243 g/mol. The number of likely N-dealkylation sites (N-methyl/N-ethyl adjacent to an activating group) is 1. The minimum absolute atomic E-state index is 0.210. The van der Waals surface area contributed by atoms with Crippen LogP contribution in [0.3, 0.4) is 0 Å². The number of hydrogen-bond acceptors (Lipinski definition) is 4. The van der Waals surface area contributed by atoms with Crippen molar-refractivity contribution in [2.45, 2.75) is 32.4 Å². The molecular weight excluding hydrogens is 218 g/mol. The fourth-order valence-corrected chi connectivity index (χ4v) is 2.15. The fourth-order valence-electron chi connectivity index (χ4n) is 2.15. The first-order valence-corrected chi connectivity index (χ1v) is 6.22. The zero-order valence-electron chi connectivity index (χ0n) is 11.4. The molecule has 0 aliphatic carbocycles. The lowest BCUT2D eigenvalue weighted by molar-refractivity contribution is -0.140. The summed E-state index contributed by atoms with van der Waals surface area (Å²) in [5.41, 5.74) is 0.210. The van der Waals surface area contributed by atoms with Crippen molar-refractivity contribution in [3.63, 3.8) is 0 Å². The maximum absolute atomic E-state index is 10.9. The van der Waals surface area contributed by atoms with Crippen LogP contribution in [0.5, 0.6) is 0 Å². The molecule has 2 N–H and O–H groups in total. The van der Waals surface area contributed by atoms with E-state index in [0.717, 1.165) is 26.2 Å². The van der Waals surface area contributed by atoms with Gasteiger partial charge >= 0.3 is 5.97 Å². The smallest absolute Gasteiger partial charge is 0.322 e. The van der Waals surface area contributed by atoms with Crippen LogP contribution in [0.4, 0.5) is 0 Å². The second-order valence-corrected chi connectivity index (χ2v) is 5.64. The molecule has 1 saturated heterocycles.